The average Bonchev–Trinajstić information content (AvgIpc) is 2.37. The first-order valence-corrected chi connectivity index (χ1v) is 6.29. The SMILES string of the molecule is O=C([O-])C12CC3CC(CC(C(=O)[O-])(C1)/C3=N/O)/C2=N\O.[K+].[K+]. The van der Waals surface area contributed by atoms with Crippen molar-refractivity contribution in [1.82, 2.24) is 0 Å². The monoisotopic (exact) mass is 358 g/mol. The summed E-state index contributed by atoms with van der Waals surface area (Å²) in [6, 6.07) is 0. The second-order valence-corrected chi connectivity index (χ2v) is 5.92. The van der Waals surface area contributed by atoms with Crippen LogP contribution in [0.5, 0.6) is 0 Å². The van der Waals surface area contributed by atoms with Gasteiger partial charge in [0.05, 0.1) is 34.2 Å². The fraction of sp³-hybridized carbons (Fsp3) is 0.667. The Labute approximate surface area is 211 Å². The van der Waals surface area contributed by atoms with E-state index in [9.17, 15) is 19.8 Å². The molecule has 22 heavy (non-hydrogen) atoms. The van der Waals surface area contributed by atoms with E-state index in [1.54, 1.807) is 0 Å². The number of carboxylic acid groups (broad SMARTS) is 2. The zero-order chi connectivity index (χ0) is 14.7. The number of hydrogen-bond acceptors (Lipinski definition) is 8. The minimum absolute atomic E-state index is 0. The van der Waals surface area contributed by atoms with E-state index in [-0.39, 0.29) is 133 Å². The fourth-order valence-electron chi connectivity index (χ4n) is 4.47. The van der Waals surface area contributed by atoms with Crippen LogP contribution in [0.25, 0.3) is 0 Å². The van der Waals surface area contributed by atoms with Crippen molar-refractivity contribution in [2.45, 2.75) is 25.7 Å². The number of oxime groups is 2. The van der Waals surface area contributed by atoms with Gasteiger partial charge in [0.15, 0.2) is 0 Å². The van der Waals surface area contributed by atoms with Gasteiger partial charge in [0.1, 0.15) is 0 Å². The molecule has 2 N–H and O–H groups in total. The quantitative estimate of drug-likeness (QED) is 0.285. The molecule has 4 aliphatic rings. The third-order valence-electron chi connectivity index (χ3n) is 5.11. The van der Waals surface area contributed by atoms with Crippen LogP contribution < -0.4 is 113 Å². The van der Waals surface area contributed by atoms with Gasteiger partial charge >= 0.3 is 103 Å². The third kappa shape index (κ3) is 2.63. The van der Waals surface area contributed by atoms with Crippen LogP contribution in [0, 0.1) is 22.7 Å². The van der Waals surface area contributed by atoms with E-state index in [1.807, 2.05) is 0 Å². The summed E-state index contributed by atoms with van der Waals surface area (Å²) >= 11 is 0. The first-order chi connectivity index (χ1) is 9.41. The van der Waals surface area contributed by atoms with Gasteiger partial charge in [-0.25, -0.2) is 0 Å². The van der Waals surface area contributed by atoms with Gasteiger partial charge in [-0.05, 0) is 25.7 Å². The first kappa shape index (κ1) is 21.2. The van der Waals surface area contributed by atoms with E-state index in [1.165, 1.54) is 0 Å². The Morgan fingerprint density at radius 3 is 1.59 bits per heavy atom. The van der Waals surface area contributed by atoms with Crippen LogP contribution in [0.3, 0.4) is 0 Å². The molecule has 4 fully saturated rings. The van der Waals surface area contributed by atoms with E-state index < -0.39 is 34.6 Å². The van der Waals surface area contributed by atoms with E-state index in [4.69, 9.17) is 10.4 Å². The minimum Gasteiger partial charge on any atom is -0.549 e. The molecule has 0 aliphatic heterocycles. The molecule has 108 valence electrons. The number of carbonyl (C=O) groups is 2. The predicted molar refractivity (Wildman–Crippen MR) is 58.8 cm³/mol. The Hall–Kier alpha value is 1.15. The van der Waals surface area contributed by atoms with Crippen LogP contribution in [0.1, 0.15) is 25.7 Å². The van der Waals surface area contributed by atoms with Gasteiger partial charge < -0.3 is 30.2 Å². The number of hydrogen-bond donors (Lipinski definition) is 2. The van der Waals surface area contributed by atoms with Gasteiger partial charge in [-0.1, -0.05) is 10.3 Å². The summed E-state index contributed by atoms with van der Waals surface area (Å²) in [6.45, 7) is 0. The van der Waals surface area contributed by atoms with Crippen molar-refractivity contribution >= 4 is 23.4 Å². The molecule has 4 rings (SSSR count). The summed E-state index contributed by atoms with van der Waals surface area (Å²) in [7, 11) is 0. The molecule has 8 nitrogen and oxygen atoms in total. The number of carboxylic acids is 2. The molecule has 0 aromatic heterocycles. The maximum absolute atomic E-state index is 11.6. The second-order valence-electron chi connectivity index (χ2n) is 5.92. The molecule has 4 unspecified atom stereocenters. The molecule has 0 amide bonds. The molecule has 4 aliphatic carbocycles. The van der Waals surface area contributed by atoms with Crippen molar-refractivity contribution in [3.63, 3.8) is 0 Å². The molecule has 4 atom stereocenters. The zero-order valence-corrected chi connectivity index (χ0v) is 18.7. The van der Waals surface area contributed by atoms with Gasteiger partial charge in [-0.15, -0.1) is 0 Å². The van der Waals surface area contributed by atoms with Gasteiger partial charge in [-0.3, -0.25) is 0 Å². The van der Waals surface area contributed by atoms with Gasteiger partial charge in [0.25, 0.3) is 0 Å². The summed E-state index contributed by atoms with van der Waals surface area (Å²) in [5.41, 5.74) is -3.09. The zero-order valence-electron chi connectivity index (χ0n) is 12.4. The molecule has 0 saturated heterocycles. The fourth-order valence-corrected chi connectivity index (χ4v) is 4.47. The van der Waals surface area contributed by atoms with E-state index in [0.717, 1.165) is 0 Å². The molecule has 4 saturated carbocycles. The Bertz CT molecular complexity index is 532. The molecule has 4 bridgehead atoms. The van der Waals surface area contributed by atoms with Crippen molar-refractivity contribution in [2.75, 3.05) is 0 Å². The van der Waals surface area contributed by atoms with Crippen LogP contribution >= 0.6 is 0 Å². The Balaban J connectivity index is 0.00000121. The maximum Gasteiger partial charge on any atom is 1.00 e. The number of nitrogens with zero attached hydrogens (tertiary/aromatic N) is 2. The Morgan fingerprint density at radius 1 is 0.955 bits per heavy atom. The molecule has 10 heteroatoms. The summed E-state index contributed by atoms with van der Waals surface area (Å²) in [4.78, 5) is 23.1. The molecular formula is C12H12K2N2O6. The van der Waals surface area contributed by atoms with Crippen LogP contribution in [-0.2, 0) is 9.59 Å². The van der Waals surface area contributed by atoms with E-state index >= 15 is 0 Å². The van der Waals surface area contributed by atoms with Gasteiger partial charge in [0.2, 0.25) is 0 Å². The Morgan fingerprint density at radius 2 is 1.32 bits per heavy atom. The van der Waals surface area contributed by atoms with Crippen molar-refractivity contribution < 1.29 is 133 Å². The van der Waals surface area contributed by atoms with E-state index in [0.29, 0.717) is 6.42 Å². The van der Waals surface area contributed by atoms with E-state index in [2.05, 4.69) is 10.3 Å². The second kappa shape index (κ2) is 7.18. The summed E-state index contributed by atoms with van der Waals surface area (Å²) < 4.78 is 0. The first-order valence-electron chi connectivity index (χ1n) is 6.29. The summed E-state index contributed by atoms with van der Waals surface area (Å²) in [5, 5.41) is 47.6. The van der Waals surface area contributed by atoms with Gasteiger partial charge in [-0.2, -0.15) is 0 Å². The number of rotatable bonds is 2. The predicted octanol–water partition coefficient (Wildman–Crippen LogP) is -8.04. The molecular weight excluding hydrogens is 346 g/mol. The number of carbonyl (C=O) groups excluding carboxylic acids is 2. The maximum atomic E-state index is 11.6. The van der Waals surface area contributed by atoms with Crippen LogP contribution in [-0.4, -0.2) is 33.8 Å². The van der Waals surface area contributed by atoms with Crippen molar-refractivity contribution in [2.24, 2.45) is 33.0 Å². The smallest absolute Gasteiger partial charge is 0.549 e. The Kier molecular flexibility index (Phi) is 6.92. The molecule has 0 aromatic rings. The summed E-state index contributed by atoms with van der Waals surface area (Å²) in [5.74, 6) is -3.87. The standard InChI is InChI=1S/C12H14N2O6.2K/c15-9(16)11-2-5-1-6(8(11)14-20)3-12(4-11,10(17)18)7(5)13-19;;/h5-6,19-20H,1-4H2,(H,15,16)(H,17,18);;/q;2*+1/p-2/b13-7+,14-8+;;. The van der Waals surface area contributed by atoms with Crippen LogP contribution in [0.2, 0.25) is 0 Å². The topological polar surface area (TPSA) is 145 Å². The summed E-state index contributed by atoms with van der Waals surface area (Å²) in [6.07, 6.45) is 0.110. The normalized spacial score (nSPS) is 41.8. The van der Waals surface area contributed by atoms with Crippen molar-refractivity contribution in [3.05, 3.63) is 0 Å². The van der Waals surface area contributed by atoms with Crippen molar-refractivity contribution in [3.8, 4) is 0 Å². The minimum atomic E-state index is -1.62. The largest absolute Gasteiger partial charge is 1.00 e. The molecule has 0 heterocycles. The third-order valence-corrected chi connectivity index (χ3v) is 5.11. The van der Waals surface area contributed by atoms with Gasteiger partial charge in [0, 0.05) is 11.8 Å². The average molecular weight is 358 g/mol. The molecule has 0 aromatic carbocycles. The molecule has 0 radical (unpaired) electrons. The van der Waals surface area contributed by atoms with Crippen LogP contribution in [0.4, 0.5) is 0 Å². The number of aliphatic carboxylic acids is 2. The van der Waals surface area contributed by atoms with Crippen molar-refractivity contribution in [1.29, 1.82) is 0 Å². The van der Waals surface area contributed by atoms with Crippen LogP contribution in [0.15, 0.2) is 10.3 Å². The molecule has 0 spiro atoms.